The molecule has 0 aromatic heterocycles. The van der Waals surface area contributed by atoms with Crippen molar-refractivity contribution in [1.29, 1.82) is 0 Å². The summed E-state index contributed by atoms with van der Waals surface area (Å²) in [4.78, 5) is 14.4. The van der Waals surface area contributed by atoms with Crippen LogP contribution < -0.4 is 14.5 Å². The lowest BCUT2D eigenvalue weighted by Gasteiger charge is -2.17. The van der Waals surface area contributed by atoms with Gasteiger partial charge in [-0.3, -0.25) is 9.10 Å². The Kier molecular flexibility index (Phi) is 4.43. The Morgan fingerprint density at radius 1 is 1.16 bits per heavy atom. The minimum atomic E-state index is -3.27. The van der Waals surface area contributed by atoms with E-state index in [1.54, 1.807) is 18.2 Å². The van der Waals surface area contributed by atoms with Crippen molar-refractivity contribution >= 4 is 33.0 Å². The van der Waals surface area contributed by atoms with E-state index in [4.69, 9.17) is 0 Å². The van der Waals surface area contributed by atoms with E-state index in [-0.39, 0.29) is 5.91 Å². The molecule has 0 unspecified atom stereocenters. The number of carbonyl (C=O) groups is 1. The van der Waals surface area contributed by atoms with Crippen LogP contribution in [0.25, 0.3) is 0 Å². The molecule has 0 fully saturated rings. The number of nitrogens with zero attached hydrogens (tertiary/aromatic N) is 2. The summed E-state index contributed by atoms with van der Waals surface area (Å²) in [5, 5.41) is 2.88. The summed E-state index contributed by atoms with van der Waals surface area (Å²) in [5.74, 6) is -0.193. The SMILES string of the molecule is CN(C)c1cccc(C(=O)Nc2ccc3c(c2)CCN3S(C)(=O)=O)c1. The molecular formula is C18H21N3O3S. The van der Waals surface area contributed by atoms with Gasteiger partial charge in [0.05, 0.1) is 11.9 Å². The molecule has 1 aliphatic heterocycles. The molecule has 7 heteroatoms. The lowest BCUT2D eigenvalue weighted by atomic mass is 10.1. The van der Waals surface area contributed by atoms with E-state index in [9.17, 15) is 13.2 Å². The van der Waals surface area contributed by atoms with Gasteiger partial charge in [-0.1, -0.05) is 6.07 Å². The van der Waals surface area contributed by atoms with Gasteiger partial charge in [0.15, 0.2) is 0 Å². The van der Waals surface area contributed by atoms with Gasteiger partial charge in [0.25, 0.3) is 5.91 Å². The monoisotopic (exact) mass is 359 g/mol. The van der Waals surface area contributed by atoms with E-state index in [0.717, 1.165) is 11.3 Å². The Bertz CT molecular complexity index is 923. The van der Waals surface area contributed by atoms with Crippen molar-refractivity contribution in [1.82, 2.24) is 0 Å². The second-order valence-corrected chi connectivity index (χ2v) is 8.23. The molecule has 2 aromatic carbocycles. The maximum atomic E-state index is 12.5. The largest absolute Gasteiger partial charge is 0.378 e. The van der Waals surface area contributed by atoms with Crippen LogP contribution in [0.1, 0.15) is 15.9 Å². The number of fused-ring (bicyclic) bond motifs is 1. The standard InChI is InChI=1S/C18H21N3O3S/c1-20(2)16-6-4-5-14(12-16)18(22)19-15-7-8-17-13(11-15)9-10-21(17)25(3,23)24/h4-8,11-12H,9-10H2,1-3H3,(H,19,22). The molecule has 1 aliphatic rings. The fourth-order valence-electron chi connectivity index (χ4n) is 2.92. The molecule has 0 saturated heterocycles. The van der Waals surface area contributed by atoms with Crippen molar-refractivity contribution in [3.8, 4) is 0 Å². The number of sulfonamides is 1. The average molecular weight is 359 g/mol. The van der Waals surface area contributed by atoms with Crippen LogP contribution in [0.15, 0.2) is 42.5 Å². The zero-order valence-electron chi connectivity index (χ0n) is 14.5. The Morgan fingerprint density at radius 2 is 1.92 bits per heavy atom. The minimum absolute atomic E-state index is 0.193. The highest BCUT2D eigenvalue weighted by Crippen LogP contribution is 2.32. The zero-order valence-corrected chi connectivity index (χ0v) is 15.3. The molecule has 0 saturated carbocycles. The number of nitrogens with one attached hydrogen (secondary N) is 1. The highest BCUT2D eigenvalue weighted by Gasteiger charge is 2.26. The van der Waals surface area contributed by atoms with E-state index < -0.39 is 10.0 Å². The summed E-state index contributed by atoms with van der Waals surface area (Å²) >= 11 is 0. The van der Waals surface area contributed by atoms with Gasteiger partial charge in [-0.25, -0.2) is 8.42 Å². The van der Waals surface area contributed by atoms with Gasteiger partial charge in [-0.05, 0) is 48.4 Å². The molecule has 1 amide bonds. The van der Waals surface area contributed by atoms with Crippen LogP contribution in [0.3, 0.4) is 0 Å². The fraction of sp³-hybridized carbons (Fsp3) is 0.278. The molecular weight excluding hydrogens is 338 g/mol. The number of hydrogen-bond donors (Lipinski definition) is 1. The Morgan fingerprint density at radius 3 is 2.60 bits per heavy atom. The maximum Gasteiger partial charge on any atom is 0.255 e. The van der Waals surface area contributed by atoms with Crippen LogP contribution in [0.2, 0.25) is 0 Å². The Balaban J connectivity index is 1.81. The van der Waals surface area contributed by atoms with Crippen molar-refractivity contribution in [3.63, 3.8) is 0 Å². The van der Waals surface area contributed by atoms with Crippen LogP contribution in [0.4, 0.5) is 17.1 Å². The molecule has 1 N–H and O–H groups in total. The van der Waals surface area contributed by atoms with Crippen LogP contribution in [0, 0.1) is 0 Å². The Hall–Kier alpha value is -2.54. The maximum absolute atomic E-state index is 12.5. The van der Waals surface area contributed by atoms with E-state index in [1.165, 1.54) is 10.6 Å². The highest BCUT2D eigenvalue weighted by atomic mass is 32.2. The summed E-state index contributed by atoms with van der Waals surface area (Å²) in [5.41, 5.74) is 3.80. The first-order valence-corrected chi connectivity index (χ1v) is 9.80. The highest BCUT2D eigenvalue weighted by molar-refractivity contribution is 7.92. The van der Waals surface area contributed by atoms with Gasteiger partial charge in [0.2, 0.25) is 10.0 Å². The molecule has 3 rings (SSSR count). The van der Waals surface area contributed by atoms with Gasteiger partial charge in [-0.2, -0.15) is 0 Å². The van der Waals surface area contributed by atoms with Gasteiger partial charge in [-0.15, -0.1) is 0 Å². The minimum Gasteiger partial charge on any atom is -0.378 e. The van der Waals surface area contributed by atoms with Crippen LogP contribution in [0.5, 0.6) is 0 Å². The summed E-state index contributed by atoms with van der Waals surface area (Å²) in [6.45, 7) is 0.441. The van der Waals surface area contributed by atoms with E-state index >= 15 is 0 Å². The van der Waals surface area contributed by atoms with Crippen LogP contribution in [-0.4, -0.2) is 41.2 Å². The number of anilines is 3. The number of amides is 1. The molecule has 0 spiro atoms. The fourth-order valence-corrected chi connectivity index (χ4v) is 3.88. The second-order valence-electron chi connectivity index (χ2n) is 6.33. The van der Waals surface area contributed by atoms with E-state index in [2.05, 4.69) is 5.32 Å². The third-order valence-electron chi connectivity index (χ3n) is 4.22. The van der Waals surface area contributed by atoms with Crippen LogP contribution in [-0.2, 0) is 16.4 Å². The van der Waals surface area contributed by atoms with E-state index in [0.29, 0.717) is 29.9 Å². The molecule has 2 aromatic rings. The summed E-state index contributed by atoms with van der Waals surface area (Å²) in [6.07, 6.45) is 1.84. The van der Waals surface area contributed by atoms with Gasteiger partial charge in [0, 0.05) is 37.6 Å². The van der Waals surface area contributed by atoms with Crippen molar-refractivity contribution in [2.24, 2.45) is 0 Å². The third-order valence-corrected chi connectivity index (χ3v) is 5.40. The molecule has 132 valence electrons. The second kappa shape index (κ2) is 6.40. The average Bonchev–Trinajstić information content (AvgIpc) is 2.98. The topological polar surface area (TPSA) is 69.7 Å². The molecule has 1 heterocycles. The van der Waals surface area contributed by atoms with E-state index in [1.807, 2.05) is 43.3 Å². The smallest absolute Gasteiger partial charge is 0.255 e. The summed E-state index contributed by atoms with van der Waals surface area (Å²) < 4.78 is 25.0. The number of benzene rings is 2. The Labute approximate surface area is 148 Å². The van der Waals surface area contributed by atoms with Gasteiger partial charge < -0.3 is 10.2 Å². The number of carbonyl (C=O) groups excluding carboxylic acids is 1. The molecule has 0 atom stereocenters. The third kappa shape index (κ3) is 3.61. The first-order chi connectivity index (χ1) is 11.8. The molecule has 25 heavy (non-hydrogen) atoms. The molecule has 6 nitrogen and oxygen atoms in total. The molecule has 0 bridgehead atoms. The zero-order chi connectivity index (χ0) is 18.2. The predicted molar refractivity (Wildman–Crippen MR) is 101 cm³/mol. The quantitative estimate of drug-likeness (QED) is 0.910. The summed E-state index contributed by atoms with van der Waals surface area (Å²) in [7, 11) is 0.577. The summed E-state index contributed by atoms with van der Waals surface area (Å²) in [6, 6.07) is 12.7. The van der Waals surface area contributed by atoms with Crippen molar-refractivity contribution < 1.29 is 13.2 Å². The van der Waals surface area contributed by atoms with Crippen molar-refractivity contribution in [2.45, 2.75) is 6.42 Å². The lowest BCUT2D eigenvalue weighted by molar-refractivity contribution is 0.102. The van der Waals surface area contributed by atoms with Gasteiger partial charge >= 0.3 is 0 Å². The van der Waals surface area contributed by atoms with Crippen molar-refractivity contribution in [3.05, 3.63) is 53.6 Å². The van der Waals surface area contributed by atoms with Gasteiger partial charge in [0.1, 0.15) is 0 Å². The first kappa shape index (κ1) is 17.3. The predicted octanol–water partition coefficient (Wildman–Crippen LogP) is 2.33. The lowest BCUT2D eigenvalue weighted by Crippen LogP contribution is -2.27. The number of rotatable bonds is 4. The molecule has 0 aliphatic carbocycles. The van der Waals surface area contributed by atoms with Crippen LogP contribution >= 0.6 is 0 Å². The first-order valence-electron chi connectivity index (χ1n) is 7.95. The normalized spacial score (nSPS) is 13.5. The number of hydrogen-bond acceptors (Lipinski definition) is 4. The molecule has 0 radical (unpaired) electrons. The van der Waals surface area contributed by atoms with Crippen molar-refractivity contribution in [2.75, 3.05) is 41.4 Å².